The molecule has 0 amide bonds. The molecule has 1 aliphatic heterocycles. The summed E-state index contributed by atoms with van der Waals surface area (Å²) in [6.45, 7) is 0. The number of benzene rings is 2. The highest BCUT2D eigenvalue weighted by atomic mass is 35.5. The summed E-state index contributed by atoms with van der Waals surface area (Å²) in [5.74, 6) is -0.386. The first-order valence-corrected chi connectivity index (χ1v) is 13.9. The molecule has 2 aromatic carbocycles. The molecule has 7 nitrogen and oxygen atoms in total. The minimum absolute atomic E-state index is 0.0166. The molecular formula is C26H19Cl2N5O2S2. The van der Waals surface area contributed by atoms with Gasteiger partial charge in [0.15, 0.2) is 15.9 Å². The van der Waals surface area contributed by atoms with Crippen LogP contribution in [0.4, 0.5) is 5.13 Å². The van der Waals surface area contributed by atoms with Gasteiger partial charge in [-0.1, -0.05) is 82.7 Å². The Hall–Kier alpha value is -3.16. The van der Waals surface area contributed by atoms with Gasteiger partial charge in [0, 0.05) is 33.3 Å². The lowest BCUT2D eigenvalue weighted by molar-refractivity contribution is -0.116. The summed E-state index contributed by atoms with van der Waals surface area (Å²) in [4.78, 5) is 27.4. The van der Waals surface area contributed by atoms with Crippen molar-refractivity contribution >= 4 is 63.0 Å². The third kappa shape index (κ3) is 4.90. The standard InChI is InChI=1S/C26H19Cl2N5O2S2/c27-15-9-10-16(18(28)11-15)22-17(12-29)24(30)33(19-7-4-8-20(34)23(19)22)25-31-32-26(37-25)36-13-21(35)14-5-2-1-3-6-14/h1-3,5-6,9-11,22H,4,7-8,13,30H2. The molecular weight excluding hydrogens is 549 g/mol. The maximum absolute atomic E-state index is 13.3. The van der Waals surface area contributed by atoms with Crippen LogP contribution in [0.15, 0.2) is 75.5 Å². The minimum Gasteiger partial charge on any atom is -0.384 e. The Morgan fingerprint density at radius 3 is 2.70 bits per heavy atom. The fourth-order valence-corrected chi connectivity index (χ4v) is 6.83. The molecule has 0 bridgehead atoms. The molecule has 2 aliphatic rings. The van der Waals surface area contributed by atoms with Gasteiger partial charge < -0.3 is 5.73 Å². The monoisotopic (exact) mass is 567 g/mol. The Morgan fingerprint density at radius 1 is 1.19 bits per heavy atom. The zero-order chi connectivity index (χ0) is 26.1. The average Bonchev–Trinajstić information content (AvgIpc) is 3.36. The molecule has 37 heavy (non-hydrogen) atoms. The number of carbonyl (C=O) groups excluding carboxylic acids is 2. The van der Waals surface area contributed by atoms with E-state index in [1.54, 1.807) is 35.2 Å². The van der Waals surface area contributed by atoms with Crippen LogP contribution in [0.25, 0.3) is 0 Å². The molecule has 0 radical (unpaired) electrons. The summed E-state index contributed by atoms with van der Waals surface area (Å²) < 4.78 is 0.581. The summed E-state index contributed by atoms with van der Waals surface area (Å²) in [5.41, 5.74) is 9.20. The average molecular weight is 569 g/mol. The first-order chi connectivity index (χ1) is 17.9. The second kappa shape index (κ2) is 10.7. The van der Waals surface area contributed by atoms with Crippen LogP contribution in [0.5, 0.6) is 0 Å². The summed E-state index contributed by atoms with van der Waals surface area (Å²) in [5, 5.41) is 19.9. The van der Waals surface area contributed by atoms with Crippen molar-refractivity contribution < 1.29 is 9.59 Å². The van der Waals surface area contributed by atoms with Gasteiger partial charge >= 0.3 is 0 Å². The third-order valence-corrected chi connectivity index (χ3v) is 8.80. The highest BCUT2D eigenvalue weighted by Gasteiger charge is 2.42. The van der Waals surface area contributed by atoms with Crippen molar-refractivity contribution in [3.8, 4) is 6.07 Å². The quantitative estimate of drug-likeness (QED) is 0.279. The van der Waals surface area contributed by atoms with Gasteiger partial charge in [-0.25, -0.2) is 0 Å². The van der Waals surface area contributed by atoms with Crippen LogP contribution < -0.4 is 10.6 Å². The molecule has 0 saturated heterocycles. The van der Waals surface area contributed by atoms with Crippen LogP contribution >= 0.6 is 46.3 Å². The molecule has 1 unspecified atom stereocenters. The highest BCUT2D eigenvalue weighted by Crippen LogP contribution is 2.48. The van der Waals surface area contributed by atoms with Gasteiger partial charge in [-0.05, 0) is 30.5 Å². The fraction of sp³-hybridized carbons (Fsp3) is 0.192. The molecule has 2 N–H and O–H groups in total. The van der Waals surface area contributed by atoms with Gasteiger partial charge in [0.2, 0.25) is 5.13 Å². The van der Waals surface area contributed by atoms with E-state index in [4.69, 9.17) is 28.9 Å². The van der Waals surface area contributed by atoms with Crippen LogP contribution in [0.3, 0.4) is 0 Å². The number of aromatic nitrogens is 2. The van der Waals surface area contributed by atoms with E-state index in [2.05, 4.69) is 16.3 Å². The van der Waals surface area contributed by atoms with E-state index < -0.39 is 5.92 Å². The SMILES string of the molecule is N#CC1=C(N)N(c2nnc(SCC(=O)c3ccccc3)s2)C2=C(C(=O)CCC2)C1c1ccc(Cl)cc1Cl. The third-order valence-electron chi connectivity index (χ3n) is 6.20. The van der Waals surface area contributed by atoms with Gasteiger partial charge in [0.25, 0.3) is 0 Å². The molecule has 2 heterocycles. The molecule has 0 fully saturated rings. The number of hydrogen-bond donors (Lipinski definition) is 1. The van der Waals surface area contributed by atoms with E-state index in [9.17, 15) is 14.9 Å². The van der Waals surface area contributed by atoms with Gasteiger partial charge in [-0.15, -0.1) is 10.2 Å². The van der Waals surface area contributed by atoms with E-state index in [1.165, 1.54) is 23.1 Å². The largest absolute Gasteiger partial charge is 0.384 e. The second-order valence-electron chi connectivity index (χ2n) is 8.41. The van der Waals surface area contributed by atoms with E-state index in [0.29, 0.717) is 61.2 Å². The summed E-state index contributed by atoms with van der Waals surface area (Å²) in [6.07, 6.45) is 1.60. The predicted molar refractivity (Wildman–Crippen MR) is 146 cm³/mol. The van der Waals surface area contributed by atoms with Crippen molar-refractivity contribution in [2.24, 2.45) is 5.73 Å². The Morgan fingerprint density at radius 2 is 1.97 bits per heavy atom. The summed E-state index contributed by atoms with van der Waals surface area (Å²) in [7, 11) is 0. The van der Waals surface area contributed by atoms with Gasteiger partial charge in [0.1, 0.15) is 5.82 Å². The van der Waals surface area contributed by atoms with Gasteiger partial charge in [-0.2, -0.15) is 5.26 Å². The van der Waals surface area contributed by atoms with E-state index in [1.807, 2.05) is 18.2 Å². The number of carbonyl (C=O) groups is 2. The van der Waals surface area contributed by atoms with Crippen molar-refractivity contribution in [2.45, 2.75) is 29.5 Å². The number of hydrogen-bond acceptors (Lipinski definition) is 9. The number of Topliss-reactive ketones (excluding diaryl/α,β-unsaturated/α-hetero) is 2. The molecule has 3 aromatic rings. The molecule has 186 valence electrons. The number of halogens is 2. The lowest BCUT2D eigenvalue weighted by Crippen LogP contribution is -2.38. The maximum Gasteiger partial charge on any atom is 0.219 e. The number of rotatable bonds is 6. The first-order valence-electron chi connectivity index (χ1n) is 11.3. The molecule has 1 aliphatic carbocycles. The summed E-state index contributed by atoms with van der Waals surface area (Å²) in [6, 6.07) is 16.2. The lowest BCUT2D eigenvalue weighted by Gasteiger charge is -2.38. The van der Waals surface area contributed by atoms with E-state index in [-0.39, 0.29) is 28.7 Å². The van der Waals surface area contributed by atoms with E-state index in [0.717, 1.165) is 0 Å². The number of anilines is 1. The number of nitriles is 1. The van der Waals surface area contributed by atoms with Crippen molar-refractivity contribution in [3.63, 3.8) is 0 Å². The predicted octanol–water partition coefficient (Wildman–Crippen LogP) is 6.12. The Kier molecular flexibility index (Phi) is 7.36. The Labute approximate surface area is 231 Å². The number of allylic oxidation sites excluding steroid dienone is 3. The van der Waals surface area contributed by atoms with Gasteiger partial charge in [-0.3, -0.25) is 14.5 Å². The molecule has 1 aromatic heterocycles. The second-order valence-corrected chi connectivity index (χ2v) is 11.4. The zero-order valence-electron chi connectivity index (χ0n) is 19.3. The van der Waals surface area contributed by atoms with Crippen molar-refractivity contribution in [3.05, 3.63) is 92.4 Å². The first kappa shape index (κ1) is 25.5. The number of thioether (sulfide) groups is 1. The Bertz CT molecular complexity index is 1510. The van der Waals surface area contributed by atoms with Crippen LogP contribution in [0.2, 0.25) is 10.0 Å². The molecule has 5 rings (SSSR count). The Balaban J connectivity index is 1.51. The normalized spacial score (nSPS) is 17.6. The topological polar surface area (TPSA) is 113 Å². The molecule has 1 atom stereocenters. The number of nitrogens with two attached hydrogens (primary N) is 1. The van der Waals surface area contributed by atoms with Gasteiger partial charge in [0.05, 0.1) is 23.3 Å². The van der Waals surface area contributed by atoms with Crippen LogP contribution in [-0.4, -0.2) is 27.5 Å². The fourth-order valence-electron chi connectivity index (χ4n) is 4.54. The molecule has 0 spiro atoms. The highest BCUT2D eigenvalue weighted by molar-refractivity contribution is 8.01. The summed E-state index contributed by atoms with van der Waals surface area (Å²) >= 11 is 15.1. The zero-order valence-corrected chi connectivity index (χ0v) is 22.4. The number of ketones is 2. The maximum atomic E-state index is 13.3. The molecule has 11 heteroatoms. The molecule has 0 saturated carbocycles. The van der Waals surface area contributed by atoms with Crippen LogP contribution in [0, 0.1) is 11.3 Å². The smallest absolute Gasteiger partial charge is 0.219 e. The lowest BCUT2D eigenvalue weighted by atomic mass is 9.76. The van der Waals surface area contributed by atoms with Crippen LogP contribution in [-0.2, 0) is 4.79 Å². The minimum atomic E-state index is -0.695. The van der Waals surface area contributed by atoms with E-state index >= 15 is 0 Å². The van der Waals surface area contributed by atoms with Crippen molar-refractivity contribution in [1.29, 1.82) is 5.26 Å². The van der Waals surface area contributed by atoms with Crippen LogP contribution in [0.1, 0.15) is 41.1 Å². The van der Waals surface area contributed by atoms with Crippen molar-refractivity contribution in [1.82, 2.24) is 10.2 Å². The van der Waals surface area contributed by atoms with Crippen molar-refractivity contribution in [2.75, 3.05) is 10.7 Å². The number of nitrogens with zero attached hydrogens (tertiary/aromatic N) is 4.